The molecular weight excluding hydrogens is 214 g/mol. The van der Waals surface area contributed by atoms with E-state index in [1.54, 1.807) is 13.3 Å². The maximum absolute atomic E-state index is 5.33. The SMILES string of the molecule is COc1cnc(C)cc1NC1CCN(C)CC1. The van der Waals surface area contributed by atoms with Crippen molar-refractivity contribution in [3.63, 3.8) is 0 Å². The van der Waals surface area contributed by atoms with Crippen molar-refractivity contribution in [2.24, 2.45) is 0 Å². The predicted octanol–water partition coefficient (Wildman–Crippen LogP) is 1.90. The molecule has 4 heteroatoms. The van der Waals surface area contributed by atoms with E-state index in [2.05, 4.69) is 28.3 Å². The van der Waals surface area contributed by atoms with Crippen LogP contribution < -0.4 is 10.1 Å². The van der Waals surface area contributed by atoms with Gasteiger partial charge in [0.05, 0.1) is 19.0 Å². The molecule has 17 heavy (non-hydrogen) atoms. The highest BCUT2D eigenvalue weighted by molar-refractivity contribution is 5.56. The smallest absolute Gasteiger partial charge is 0.160 e. The summed E-state index contributed by atoms with van der Waals surface area (Å²) in [6, 6.07) is 2.60. The van der Waals surface area contributed by atoms with Gasteiger partial charge in [-0.25, -0.2) is 0 Å². The third-order valence-electron chi connectivity index (χ3n) is 3.30. The van der Waals surface area contributed by atoms with Crippen LogP contribution in [0.4, 0.5) is 5.69 Å². The largest absolute Gasteiger partial charge is 0.493 e. The van der Waals surface area contributed by atoms with E-state index < -0.39 is 0 Å². The molecule has 1 aliphatic heterocycles. The van der Waals surface area contributed by atoms with Crippen LogP contribution in [0.25, 0.3) is 0 Å². The zero-order valence-corrected chi connectivity index (χ0v) is 10.9. The van der Waals surface area contributed by atoms with E-state index in [0.717, 1.165) is 30.2 Å². The average Bonchev–Trinajstić information content (AvgIpc) is 2.32. The Kier molecular flexibility index (Phi) is 3.84. The van der Waals surface area contributed by atoms with Gasteiger partial charge in [-0.2, -0.15) is 0 Å². The maximum atomic E-state index is 5.33. The normalized spacial score (nSPS) is 18.1. The first-order valence-corrected chi connectivity index (χ1v) is 6.15. The van der Waals surface area contributed by atoms with Crippen molar-refractivity contribution < 1.29 is 4.74 Å². The highest BCUT2D eigenvalue weighted by Crippen LogP contribution is 2.26. The molecule has 94 valence electrons. The molecule has 0 aliphatic carbocycles. The van der Waals surface area contributed by atoms with Crippen LogP contribution >= 0.6 is 0 Å². The number of hydrogen-bond acceptors (Lipinski definition) is 4. The summed E-state index contributed by atoms with van der Waals surface area (Å²) in [7, 11) is 3.86. The molecule has 1 aromatic heterocycles. The first-order valence-electron chi connectivity index (χ1n) is 6.15. The third-order valence-corrected chi connectivity index (χ3v) is 3.30. The van der Waals surface area contributed by atoms with Gasteiger partial charge in [-0.3, -0.25) is 4.98 Å². The fourth-order valence-electron chi connectivity index (χ4n) is 2.20. The number of methoxy groups -OCH3 is 1. The molecule has 0 bridgehead atoms. The quantitative estimate of drug-likeness (QED) is 0.868. The summed E-state index contributed by atoms with van der Waals surface area (Å²) in [5, 5.41) is 3.57. The Morgan fingerprint density at radius 3 is 2.76 bits per heavy atom. The van der Waals surface area contributed by atoms with Crippen LogP contribution in [0.2, 0.25) is 0 Å². The molecule has 1 fully saturated rings. The van der Waals surface area contributed by atoms with Gasteiger partial charge < -0.3 is 15.0 Å². The monoisotopic (exact) mass is 235 g/mol. The van der Waals surface area contributed by atoms with E-state index in [-0.39, 0.29) is 0 Å². The van der Waals surface area contributed by atoms with Crippen molar-refractivity contribution in [1.29, 1.82) is 0 Å². The molecule has 0 aromatic carbocycles. The van der Waals surface area contributed by atoms with Gasteiger partial charge in [-0.1, -0.05) is 0 Å². The number of anilines is 1. The van der Waals surface area contributed by atoms with Crippen LogP contribution in [-0.4, -0.2) is 43.2 Å². The summed E-state index contributed by atoms with van der Waals surface area (Å²) in [6.07, 6.45) is 4.15. The van der Waals surface area contributed by atoms with Crippen LogP contribution in [0.3, 0.4) is 0 Å². The fraction of sp³-hybridized carbons (Fsp3) is 0.615. The van der Waals surface area contributed by atoms with E-state index in [4.69, 9.17) is 4.74 Å². The summed E-state index contributed by atoms with van der Waals surface area (Å²) < 4.78 is 5.33. The summed E-state index contributed by atoms with van der Waals surface area (Å²) in [4.78, 5) is 6.61. The number of nitrogens with zero attached hydrogens (tertiary/aromatic N) is 2. The molecule has 2 rings (SSSR count). The van der Waals surface area contributed by atoms with E-state index in [1.165, 1.54) is 12.8 Å². The molecule has 0 amide bonds. The molecule has 2 heterocycles. The van der Waals surface area contributed by atoms with Gasteiger partial charge in [-0.15, -0.1) is 0 Å². The second kappa shape index (κ2) is 5.36. The van der Waals surface area contributed by atoms with E-state index in [9.17, 15) is 0 Å². The Morgan fingerprint density at radius 2 is 2.12 bits per heavy atom. The minimum atomic E-state index is 0.543. The molecule has 1 N–H and O–H groups in total. The van der Waals surface area contributed by atoms with Gasteiger partial charge in [0.15, 0.2) is 5.75 Å². The molecule has 1 saturated heterocycles. The Bertz CT molecular complexity index is 373. The van der Waals surface area contributed by atoms with Crippen molar-refractivity contribution in [2.45, 2.75) is 25.8 Å². The van der Waals surface area contributed by atoms with Gasteiger partial charge in [0.1, 0.15) is 0 Å². The Labute approximate surface area is 103 Å². The molecule has 4 nitrogen and oxygen atoms in total. The Morgan fingerprint density at radius 1 is 1.41 bits per heavy atom. The summed E-state index contributed by atoms with van der Waals surface area (Å²) >= 11 is 0. The van der Waals surface area contributed by atoms with Gasteiger partial charge in [0, 0.05) is 11.7 Å². The lowest BCUT2D eigenvalue weighted by atomic mass is 10.1. The highest BCUT2D eigenvalue weighted by Gasteiger charge is 2.17. The Hall–Kier alpha value is -1.29. The van der Waals surface area contributed by atoms with Gasteiger partial charge in [0.25, 0.3) is 0 Å². The molecule has 1 aromatic rings. The number of likely N-dealkylation sites (tertiary alicyclic amines) is 1. The summed E-state index contributed by atoms with van der Waals surface area (Å²) in [5.41, 5.74) is 2.08. The molecule has 0 saturated carbocycles. The molecule has 0 spiro atoms. The summed E-state index contributed by atoms with van der Waals surface area (Å²) in [5.74, 6) is 0.828. The number of hydrogen-bond donors (Lipinski definition) is 1. The van der Waals surface area contributed by atoms with Crippen LogP contribution in [0, 0.1) is 6.92 Å². The Balaban J connectivity index is 2.04. The number of pyridine rings is 1. The lowest BCUT2D eigenvalue weighted by molar-refractivity contribution is 0.263. The van der Waals surface area contributed by atoms with Crippen molar-refractivity contribution in [3.05, 3.63) is 18.0 Å². The van der Waals surface area contributed by atoms with Crippen molar-refractivity contribution in [3.8, 4) is 5.75 Å². The fourth-order valence-corrected chi connectivity index (χ4v) is 2.20. The number of aryl methyl sites for hydroxylation is 1. The number of ether oxygens (including phenoxy) is 1. The minimum absolute atomic E-state index is 0.543. The van der Waals surface area contributed by atoms with Gasteiger partial charge in [-0.05, 0) is 46.0 Å². The predicted molar refractivity (Wildman–Crippen MR) is 69.7 cm³/mol. The van der Waals surface area contributed by atoms with E-state index in [1.807, 2.05) is 6.92 Å². The lowest BCUT2D eigenvalue weighted by Gasteiger charge is -2.30. The number of nitrogens with one attached hydrogen (secondary N) is 1. The van der Waals surface area contributed by atoms with Crippen LogP contribution in [0.15, 0.2) is 12.3 Å². The standard InChI is InChI=1S/C13H21N3O/c1-10-8-12(13(17-3)9-14-10)15-11-4-6-16(2)7-5-11/h8-9,11H,4-7H2,1-3H3,(H,14,15). The van der Waals surface area contributed by atoms with Crippen molar-refractivity contribution in [1.82, 2.24) is 9.88 Å². The number of rotatable bonds is 3. The van der Waals surface area contributed by atoms with Crippen LogP contribution in [0.5, 0.6) is 5.75 Å². The zero-order valence-electron chi connectivity index (χ0n) is 10.9. The van der Waals surface area contributed by atoms with Crippen molar-refractivity contribution >= 4 is 5.69 Å². The number of piperidine rings is 1. The molecule has 0 atom stereocenters. The van der Waals surface area contributed by atoms with Gasteiger partial charge in [0.2, 0.25) is 0 Å². The molecule has 0 radical (unpaired) electrons. The molecular formula is C13H21N3O. The number of aromatic nitrogens is 1. The minimum Gasteiger partial charge on any atom is -0.493 e. The van der Waals surface area contributed by atoms with E-state index >= 15 is 0 Å². The summed E-state index contributed by atoms with van der Waals surface area (Å²) in [6.45, 7) is 4.31. The van der Waals surface area contributed by atoms with Crippen molar-refractivity contribution in [2.75, 3.05) is 32.6 Å². The molecule has 1 aliphatic rings. The van der Waals surface area contributed by atoms with Crippen LogP contribution in [0.1, 0.15) is 18.5 Å². The van der Waals surface area contributed by atoms with Crippen LogP contribution in [-0.2, 0) is 0 Å². The maximum Gasteiger partial charge on any atom is 0.160 e. The highest BCUT2D eigenvalue weighted by atomic mass is 16.5. The first-order chi connectivity index (χ1) is 8.19. The first kappa shape index (κ1) is 12.2. The topological polar surface area (TPSA) is 37.4 Å². The second-order valence-corrected chi connectivity index (χ2v) is 4.75. The zero-order chi connectivity index (χ0) is 12.3. The third kappa shape index (κ3) is 3.09. The second-order valence-electron chi connectivity index (χ2n) is 4.75. The van der Waals surface area contributed by atoms with E-state index in [0.29, 0.717) is 6.04 Å². The average molecular weight is 235 g/mol. The lowest BCUT2D eigenvalue weighted by Crippen LogP contribution is -2.36. The molecule has 0 unspecified atom stereocenters. The van der Waals surface area contributed by atoms with Gasteiger partial charge >= 0.3 is 0 Å².